The summed E-state index contributed by atoms with van der Waals surface area (Å²) in [6.45, 7) is 11.1. The monoisotopic (exact) mass is 381 g/mol. The maximum Gasteiger partial charge on any atom is 0.336 e. The number of rotatable bonds is 6. The Balaban J connectivity index is 2.03. The summed E-state index contributed by atoms with van der Waals surface area (Å²) in [5.41, 5.74) is 1.96. The van der Waals surface area contributed by atoms with Crippen molar-refractivity contribution in [3.8, 4) is 5.75 Å². The van der Waals surface area contributed by atoms with E-state index in [1.807, 2.05) is 12.1 Å². The Morgan fingerprint density at radius 1 is 1.07 bits per heavy atom. The summed E-state index contributed by atoms with van der Waals surface area (Å²) in [6.07, 6.45) is 3.79. The molecule has 5 heteroatoms. The van der Waals surface area contributed by atoms with E-state index in [4.69, 9.17) is 4.74 Å². The molecule has 148 valence electrons. The number of nitro benzene ring substituents is 1. The van der Waals surface area contributed by atoms with Crippen molar-refractivity contribution in [3.63, 3.8) is 0 Å². The minimum atomic E-state index is -0.534. The molecule has 2 aromatic rings. The van der Waals surface area contributed by atoms with Crippen LogP contribution >= 0.6 is 0 Å². The van der Waals surface area contributed by atoms with Gasteiger partial charge in [0, 0.05) is 18.2 Å². The van der Waals surface area contributed by atoms with Gasteiger partial charge in [0.25, 0.3) is 5.69 Å². The van der Waals surface area contributed by atoms with Gasteiger partial charge >= 0.3 is 5.97 Å². The lowest BCUT2D eigenvalue weighted by Gasteiger charge is -2.33. The van der Waals surface area contributed by atoms with Crippen LogP contribution in [0.5, 0.6) is 5.75 Å². The molecular formula is C23H27NO4. The highest BCUT2D eigenvalue weighted by Crippen LogP contribution is 2.36. The van der Waals surface area contributed by atoms with Crippen LogP contribution in [0, 0.1) is 15.5 Å². The highest BCUT2D eigenvalue weighted by molar-refractivity contribution is 5.88. The van der Waals surface area contributed by atoms with Gasteiger partial charge in [-0.1, -0.05) is 58.9 Å². The fourth-order valence-electron chi connectivity index (χ4n) is 3.46. The van der Waals surface area contributed by atoms with Crippen molar-refractivity contribution in [1.29, 1.82) is 0 Å². The number of benzene rings is 2. The number of hydrogen-bond donors (Lipinski definition) is 0. The topological polar surface area (TPSA) is 69.4 Å². The second-order valence-electron chi connectivity index (χ2n) is 8.75. The van der Waals surface area contributed by atoms with Gasteiger partial charge in [0.2, 0.25) is 0 Å². The van der Waals surface area contributed by atoms with Gasteiger partial charge in [-0.3, -0.25) is 10.1 Å². The van der Waals surface area contributed by atoms with Gasteiger partial charge in [-0.15, -0.1) is 0 Å². The number of nitro groups is 1. The molecule has 0 aliphatic heterocycles. The zero-order valence-electron chi connectivity index (χ0n) is 17.1. The number of ether oxygens (including phenoxy) is 1. The van der Waals surface area contributed by atoms with Crippen molar-refractivity contribution in [3.05, 3.63) is 75.8 Å². The molecule has 0 N–H and O–H groups in total. The summed E-state index contributed by atoms with van der Waals surface area (Å²) in [7, 11) is 0. The van der Waals surface area contributed by atoms with Crippen LogP contribution in [0.1, 0.15) is 52.2 Å². The van der Waals surface area contributed by atoms with Crippen LogP contribution in [0.4, 0.5) is 5.69 Å². The SMILES string of the molecule is CC(C)(C)CC(C)(C)c1ccc(OC(=O)/C=C/c2cccc([N+](=O)[O-])c2)cc1. The third-order valence-corrected chi connectivity index (χ3v) is 4.32. The fourth-order valence-corrected chi connectivity index (χ4v) is 3.46. The smallest absolute Gasteiger partial charge is 0.336 e. The zero-order chi connectivity index (χ0) is 20.9. The van der Waals surface area contributed by atoms with Crippen molar-refractivity contribution in [2.45, 2.75) is 46.5 Å². The van der Waals surface area contributed by atoms with E-state index in [1.165, 1.54) is 29.8 Å². The average Bonchev–Trinajstić information content (AvgIpc) is 2.58. The minimum Gasteiger partial charge on any atom is -0.423 e. The van der Waals surface area contributed by atoms with Crippen LogP contribution in [0.15, 0.2) is 54.6 Å². The molecule has 5 nitrogen and oxygen atoms in total. The van der Waals surface area contributed by atoms with Gasteiger partial charge in [-0.25, -0.2) is 4.79 Å². The maximum absolute atomic E-state index is 12.0. The second-order valence-corrected chi connectivity index (χ2v) is 8.75. The van der Waals surface area contributed by atoms with Crippen LogP contribution in [0.25, 0.3) is 6.08 Å². The van der Waals surface area contributed by atoms with Crippen molar-refractivity contribution in [2.24, 2.45) is 5.41 Å². The molecule has 0 amide bonds. The van der Waals surface area contributed by atoms with E-state index in [0.29, 0.717) is 11.3 Å². The first-order chi connectivity index (χ1) is 13.0. The maximum atomic E-state index is 12.0. The third kappa shape index (κ3) is 6.34. The molecule has 0 saturated carbocycles. The van der Waals surface area contributed by atoms with Crippen molar-refractivity contribution >= 4 is 17.7 Å². The second kappa shape index (κ2) is 8.38. The first kappa shape index (κ1) is 21.4. The molecule has 0 heterocycles. The Labute approximate surface area is 166 Å². The molecule has 0 bridgehead atoms. The Hall–Kier alpha value is -2.95. The Morgan fingerprint density at radius 2 is 1.71 bits per heavy atom. The number of carbonyl (C=O) groups excluding carboxylic acids is 1. The number of carbonyl (C=O) groups is 1. The van der Waals surface area contributed by atoms with Gasteiger partial charge in [0.05, 0.1) is 4.92 Å². The predicted molar refractivity (Wildman–Crippen MR) is 111 cm³/mol. The molecule has 0 atom stereocenters. The van der Waals surface area contributed by atoms with E-state index in [-0.39, 0.29) is 16.5 Å². The first-order valence-electron chi connectivity index (χ1n) is 9.21. The number of hydrogen-bond acceptors (Lipinski definition) is 4. The summed E-state index contributed by atoms with van der Waals surface area (Å²) >= 11 is 0. The van der Waals surface area contributed by atoms with Gasteiger partial charge in [0.1, 0.15) is 5.75 Å². The molecule has 0 unspecified atom stereocenters. The molecule has 0 aliphatic rings. The fraction of sp³-hybridized carbons (Fsp3) is 0.348. The van der Waals surface area contributed by atoms with Gasteiger partial charge in [-0.05, 0) is 46.6 Å². The lowest BCUT2D eigenvalue weighted by molar-refractivity contribution is -0.384. The van der Waals surface area contributed by atoms with Crippen LogP contribution in [-0.2, 0) is 10.2 Å². The van der Waals surface area contributed by atoms with E-state index in [2.05, 4.69) is 34.6 Å². The van der Waals surface area contributed by atoms with Crippen LogP contribution in [-0.4, -0.2) is 10.9 Å². The highest BCUT2D eigenvalue weighted by atomic mass is 16.6. The molecule has 0 fully saturated rings. The van der Waals surface area contributed by atoms with Crippen molar-refractivity contribution in [1.82, 2.24) is 0 Å². The lowest BCUT2D eigenvalue weighted by atomic mass is 9.72. The quantitative estimate of drug-likeness (QED) is 0.204. The summed E-state index contributed by atoms with van der Waals surface area (Å²) in [6, 6.07) is 13.6. The molecule has 0 radical (unpaired) electrons. The number of esters is 1. The Morgan fingerprint density at radius 3 is 2.29 bits per heavy atom. The number of non-ortho nitro benzene ring substituents is 1. The summed E-state index contributed by atoms with van der Waals surface area (Å²) < 4.78 is 5.32. The van der Waals surface area contributed by atoms with Crippen LogP contribution in [0.2, 0.25) is 0 Å². The molecule has 0 aromatic heterocycles. The normalized spacial score (nSPS) is 12.2. The highest BCUT2D eigenvalue weighted by Gasteiger charge is 2.27. The lowest BCUT2D eigenvalue weighted by Crippen LogP contribution is -2.24. The first-order valence-corrected chi connectivity index (χ1v) is 9.21. The summed E-state index contributed by atoms with van der Waals surface area (Å²) in [5.74, 6) is -0.0720. The van der Waals surface area contributed by atoms with Crippen LogP contribution in [0.3, 0.4) is 0 Å². The average molecular weight is 381 g/mol. The van der Waals surface area contributed by atoms with Crippen molar-refractivity contribution < 1.29 is 14.5 Å². The van der Waals surface area contributed by atoms with Gasteiger partial charge in [0.15, 0.2) is 0 Å². The Bertz CT molecular complexity index is 874. The zero-order valence-corrected chi connectivity index (χ0v) is 17.1. The minimum absolute atomic E-state index is 0.0166. The van der Waals surface area contributed by atoms with Crippen LogP contribution < -0.4 is 4.74 Å². The standard InChI is InChI=1S/C23H27NO4/c1-22(2,3)16-23(4,5)18-10-12-20(13-11-18)28-21(25)14-9-17-7-6-8-19(15-17)24(26)27/h6-15H,16H2,1-5H3/b14-9+. The van der Waals surface area contributed by atoms with Crippen molar-refractivity contribution in [2.75, 3.05) is 0 Å². The van der Waals surface area contributed by atoms with E-state index in [9.17, 15) is 14.9 Å². The third-order valence-electron chi connectivity index (χ3n) is 4.32. The van der Waals surface area contributed by atoms with E-state index < -0.39 is 10.9 Å². The molecule has 28 heavy (non-hydrogen) atoms. The summed E-state index contributed by atoms with van der Waals surface area (Å²) in [5, 5.41) is 10.8. The van der Waals surface area contributed by atoms with Gasteiger partial charge < -0.3 is 4.74 Å². The molecular weight excluding hydrogens is 354 g/mol. The molecule has 0 spiro atoms. The van der Waals surface area contributed by atoms with E-state index in [0.717, 1.165) is 6.42 Å². The molecule has 0 saturated heterocycles. The molecule has 0 aliphatic carbocycles. The Kier molecular flexibility index (Phi) is 6.39. The van der Waals surface area contributed by atoms with E-state index in [1.54, 1.807) is 24.3 Å². The predicted octanol–water partition coefficient (Wildman–Crippen LogP) is 5.93. The molecule has 2 aromatic carbocycles. The largest absolute Gasteiger partial charge is 0.423 e. The van der Waals surface area contributed by atoms with Gasteiger partial charge in [-0.2, -0.15) is 0 Å². The van der Waals surface area contributed by atoms with E-state index >= 15 is 0 Å². The molecule has 2 rings (SSSR count). The number of nitrogens with zero attached hydrogens (tertiary/aromatic N) is 1. The summed E-state index contributed by atoms with van der Waals surface area (Å²) in [4.78, 5) is 22.4.